The standard InChI is InChI=1S/C22H22N6OS/c1-11(2)16-14(9-23)20(25)28-22-17(16)18(24)19(30-22)21(29)26-8-7-12-10-27-15-6-4-3-5-13(12)15/h3-6,10-11,27H,7-8,24H2,1-2H3,(H2,25,28)(H,26,29). The van der Waals surface area contributed by atoms with E-state index < -0.39 is 0 Å². The third-order valence-electron chi connectivity index (χ3n) is 5.19. The van der Waals surface area contributed by atoms with Gasteiger partial charge in [0.1, 0.15) is 21.6 Å². The molecule has 0 bridgehead atoms. The average Bonchev–Trinajstić information content (AvgIpc) is 3.28. The summed E-state index contributed by atoms with van der Waals surface area (Å²) in [5.41, 5.74) is 16.0. The SMILES string of the molecule is CC(C)c1c(C#N)c(N)nc2sc(C(=O)NCCc3c[nH]c4ccccc34)c(N)c12. The molecule has 0 unspecified atom stereocenters. The van der Waals surface area contributed by atoms with Crippen molar-refractivity contribution in [2.45, 2.75) is 26.2 Å². The van der Waals surface area contributed by atoms with Crippen molar-refractivity contribution in [2.75, 3.05) is 18.0 Å². The molecule has 3 heterocycles. The van der Waals surface area contributed by atoms with Crippen LogP contribution in [0.1, 0.15) is 46.1 Å². The third-order valence-corrected chi connectivity index (χ3v) is 6.29. The van der Waals surface area contributed by atoms with Gasteiger partial charge in [-0.2, -0.15) is 5.26 Å². The van der Waals surface area contributed by atoms with Gasteiger partial charge in [0.05, 0.1) is 11.3 Å². The molecule has 6 N–H and O–H groups in total. The zero-order valence-electron chi connectivity index (χ0n) is 16.7. The first-order valence-corrected chi connectivity index (χ1v) is 10.5. The fraction of sp³-hybridized carbons (Fsp3) is 0.227. The van der Waals surface area contributed by atoms with Gasteiger partial charge in [-0.3, -0.25) is 4.79 Å². The van der Waals surface area contributed by atoms with Gasteiger partial charge in [0.25, 0.3) is 5.91 Å². The fourth-order valence-corrected chi connectivity index (χ4v) is 4.83. The highest BCUT2D eigenvalue weighted by atomic mass is 32.1. The zero-order chi connectivity index (χ0) is 21.4. The molecule has 0 aliphatic heterocycles. The second kappa shape index (κ2) is 7.69. The summed E-state index contributed by atoms with van der Waals surface area (Å²) in [6.07, 6.45) is 2.66. The van der Waals surface area contributed by atoms with Gasteiger partial charge in [0.15, 0.2) is 0 Å². The first kappa shape index (κ1) is 19.7. The van der Waals surface area contributed by atoms with Crippen LogP contribution in [-0.4, -0.2) is 22.4 Å². The number of carbonyl (C=O) groups excluding carboxylic acids is 1. The number of aromatic nitrogens is 2. The first-order chi connectivity index (χ1) is 14.4. The number of aromatic amines is 1. The number of benzene rings is 1. The summed E-state index contributed by atoms with van der Waals surface area (Å²) >= 11 is 1.20. The Morgan fingerprint density at radius 3 is 2.83 bits per heavy atom. The molecule has 1 amide bonds. The molecule has 7 nitrogen and oxygen atoms in total. The highest BCUT2D eigenvalue weighted by molar-refractivity contribution is 7.21. The second-order valence-electron chi connectivity index (χ2n) is 7.44. The van der Waals surface area contributed by atoms with E-state index in [2.05, 4.69) is 27.4 Å². The van der Waals surface area contributed by atoms with E-state index in [4.69, 9.17) is 11.5 Å². The number of H-pyrrole nitrogens is 1. The van der Waals surface area contributed by atoms with Crippen molar-refractivity contribution in [1.29, 1.82) is 5.26 Å². The topological polar surface area (TPSA) is 134 Å². The van der Waals surface area contributed by atoms with Crippen LogP contribution in [0.25, 0.3) is 21.1 Å². The van der Waals surface area contributed by atoms with Gasteiger partial charge in [0.2, 0.25) is 0 Å². The number of nitrogens with zero attached hydrogens (tertiary/aromatic N) is 2. The van der Waals surface area contributed by atoms with Crippen molar-refractivity contribution in [3.8, 4) is 6.07 Å². The second-order valence-corrected chi connectivity index (χ2v) is 8.44. The number of fused-ring (bicyclic) bond motifs is 2. The minimum absolute atomic E-state index is 0.0159. The predicted octanol–water partition coefficient (Wildman–Crippen LogP) is 3.91. The van der Waals surface area contributed by atoms with Crippen LogP contribution in [0.2, 0.25) is 0 Å². The quantitative estimate of drug-likeness (QED) is 0.390. The molecule has 1 aromatic carbocycles. The molecule has 0 aliphatic rings. The number of rotatable bonds is 5. The number of nitriles is 1. The summed E-state index contributed by atoms with van der Waals surface area (Å²) in [5.74, 6) is -0.0643. The molecular weight excluding hydrogens is 396 g/mol. The number of nitrogen functional groups attached to an aromatic ring is 2. The van der Waals surface area contributed by atoms with Crippen molar-refractivity contribution < 1.29 is 4.79 Å². The monoisotopic (exact) mass is 418 g/mol. The molecule has 30 heavy (non-hydrogen) atoms. The maximum atomic E-state index is 12.8. The molecule has 0 spiro atoms. The number of carbonyl (C=O) groups is 1. The molecule has 4 aromatic rings. The molecule has 0 radical (unpaired) electrons. The molecule has 3 aromatic heterocycles. The van der Waals surface area contributed by atoms with Crippen LogP contribution < -0.4 is 16.8 Å². The van der Waals surface area contributed by atoms with E-state index in [1.54, 1.807) is 0 Å². The maximum absolute atomic E-state index is 12.8. The number of pyridine rings is 1. The number of para-hydroxylation sites is 1. The van der Waals surface area contributed by atoms with Gasteiger partial charge >= 0.3 is 0 Å². The van der Waals surface area contributed by atoms with Crippen LogP contribution in [0.15, 0.2) is 30.5 Å². The average molecular weight is 419 g/mol. The van der Waals surface area contributed by atoms with Crippen LogP contribution in [0, 0.1) is 11.3 Å². The molecular formula is C22H22N6OS. The van der Waals surface area contributed by atoms with Gasteiger partial charge < -0.3 is 21.8 Å². The molecule has 0 saturated carbocycles. The lowest BCUT2D eigenvalue weighted by Crippen LogP contribution is -2.25. The van der Waals surface area contributed by atoms with Gasteiger partial charge in [-0.1, -0.05) is 32.0 Å². The van der Waals surface area contributed by atoms with Gasteiger partial charge in [-0.15, -0.1) is 11.3 Å². The summed E-state index contributed by atoms with van der Waals surface area (Å²) in [6, 6.07) is 10.2. The van der Waals surface area contributed by atoms with Gasteiger partial charge in [0, 0.05) is 29.0 Å². The Kier molecular flexibility index (Phi) is 5.06. The van der Waals surface area contributed by atoms with Gasteiger partial charge in [-0.05, 0) is 29.5 Å². The Morgan fingerprint density at radius 2 is 2.10 bits per heavy atom. The fourth-order valence-electron chi connectivity index (χ4n) is 3.79. The summed E-state index contributed by atoms with van der Waals surface area (Å²) in [5, 5.41) is 14.3. The van der Waals surface area contributed by atoms with E-state index >= 15 is 0 Å². The largest absolute Gasteiger partial charge is 0.397 e. The number of amides is 1. The molecule has 8 heteroatoms. The van der Waals surface area contributed by atoms with Gasteiger partial charge in [-0.25, -0.2) is 4.98 Å². The van der Waals surface area contributed by atoms with E-state index in [-0.39, 0.29) is 17.6 Å². The van der Waals surface area contributed by atoms with E-state index in [0.29, 0.717) is 39.3 Å². The van der Waals surface area contributed by atoms with E-state index in [1.165, 1.54) is 11.3 Å². The van der Waals surface area contributed by atoms with Crippen LogP contribution in [0.5, 0.6) is 0 Å². The van der Waals surface area contributed by atoms with Crippen LogP contribution in [-0.2, 0) is 6.42 Å². The van der Waals surface area contributed by atoms with E-state index in [9.17, 15) is 10.1 Å². The highest BCUT2D eigenvalue weighted by Gasteiger charge is 2.24. The number of hydrogen-bond acceptors (Lipinski definition) is 6. The number of nitrogens with two attached hydrogens (primary N) is 2. The smallest absolute Gasteiger partial charge is 0.263 e. The lowest BCUT2D eigenvalue weighted by atomic mass is 9.95. The Hall–Kier alpha value is -3.57. The van der Waals surface area contributed by atoms with Crippen LogP contribution >= 0.6 is 11.3 Å². The van der Waals surface area contributed by atoms with Crippen LogP contribution in [0.3, 0.4) is 0 Å². The predicted molar refractivity (Wildman–Crippen MR) is 122 cm³/mol. The van der Waals surface area contributed by atoms with Crippen molar-refractivity contribution in [3.63, 3.8) is 0 Å². The Morgan fingerprint density at radius 1 is 1.33 bits per heavy atom. The number of anilines is 2. The van der Waals surface area contributed by atoms with Crippen LogP contribution in [0.4, 0.5) is 11.5 Å². The van der Waals surface area contributed by atoms with E-state index in [0.717, 1.165) is 22.0 Å². The minimum atomic E-state index is -0.248. The van der Waals surface area contributed by atoms with E-state index in [1.807, 2.05) is 38.2 Å². The third kappa shape index (κ3) is 3.23. The van der Waals surface area contributed by atoms with Crippen molar-refractivity contribution >= 4 is 49.9 Å². The normalized spacial score (nSPS) is 11.3. The maximum Gasteiger partial charge on any atom is 0.263 e. The molecule has 0 aliphatic carbocycles. The summed E-state index contributed by atoms with van der Waals surface area (Å²) < 4.78 is 0. The molecule has 0 saturated heterocycles. The molecule has 0 atom stereocenters. The van der Waals surface area contributed by atoms with Crippen molar-refractivity contribution in [3.05, 3.63) is 52.0 Å². The first-order valence-electron chi connectivity index (χ1n) is 9.67. The van der Waals surface area contributed by atoms with Crippen molar-refractivity contribution in [2.24, 2.45) is 0 Å². The lowest BCUT2D eigenvalue weighted by Gasteiger charge is -2.12. The van der Waals surface area contributed by atoms with Crippen molar-refractivity contribution in [1.82, 2.24) is 15.3 Å². The zero-order valence-corrected chi connectivity index (χ0v) is 17.6. The molecule has 4 rings (SSSR count). The number of nitrogens with one attached hydrogen (secondary N) is 2. The summed E-state index contributed by atoms with van der Waals surface area (Å²) in [4.78, 5) is 21.4. The Bertz CT molecular complexity index is 1310. The summed E-state index contributed by atoms with van der Waals surface area (Å²) in [6.45, 7) is 4.41. The summed E-state index contributed by atoms with van der Waals surface area (Å²) in [7, 11) is 0. The minimum Gasteiger partial charge on any atom is -0.397 e. The number of thiophene rings is 1. The lowest BCUT2D eigenvalue weighted by molar-refractivity contribution is 0.0959. The highest BCUT2D eigenvalue weighted by Crippen LogP contribution is 2.40. The Labute approximate surface area is 177 Å². The number of hydrogen-bond donors (Lipinski definition) is 4. The molecule has 0 fully saturated rings. The molecule has 152 valence electrons. The Balaban J connectivity index is 1.60.